The molecule has 0 aliphatic heterocycles. The van der Waals surface area contributed by atoms with Gasteiger partial charge in [0.15, 0.2) is 5.78 Å². The Morgan fingerprint density at radius 1 is 1.44 bits per heavy atom. The summed E-state index contributed by atoms with van der Waals surface area (Å²) in [5, 5.41) is 0. The smallest absolute Gasteiger partial charge is 0.166 e. The Morgan fingerprint density at radius 3 is 3.00 bits per heavy atom. The monoisotopic (exact) mass is 214 g/mol. The van der Waals surface area contributed by atoms with Crippen LogP contribution in [0.15, 0.2) is 24.3 Å². The molecule has 0 N–H and O–H groups in total. The van der Waals surface area contributed by atoms with Crippen molar-refractivity contribution in [3.8, 4) is 0 Å². The second-order valence-corrected chi connectivity index (χ2v) is 4.49. The van der Waals surface area contributed by atoms with Crippen molar-refractivity contribution < 1.29 is 4.79 Å². The average Bonchev–Trinajstić information content (AvgIpc) is 2.36. The zero-order valence-corrected chi connectivity index (χ0v) is 9.99. The number of carbonyl (C=O) groups is 1. The van der Waals surface area contributed by atoms with Crippen LogP contribution in [0.25, 0.3) is 6.08 Å². The number of Topliss-reactive ketones (excluding diaryl/α,β-unsaturated/α-hetero) is 1. The summed E-state index contributed by atoms with van der Waals surface area (Å²) in [6.45, 7) is 4.07. The predicted octanol–water partition coefficient (Wildman–Crippen LogP) is 3.87. The van der Waals surface area contributed by atoms with Crippen LogP contribution in [0.1, 0.15) is 48.2 Å². The molecule has 2 rings (SSSR count). The number of hydrogen-bond acceptors (Lipinski definition) is 1. The molecule has 1 aliphatic rings. The number of ketones is 1. The van der Waals surface area contributed by atoms with Crippen LogP contribution in [-0.2, 0) is 6.42 Å². The van der Waals surface area contributed by atoms with E-state index in [9.17, 15) is 4.79 Å². The Hall–Kier alpha value is -1.37. The van der Waals surface area contributed by atoms with Gasteiger partial charge in [0, 0.05) is 11.5 Å². The molecule has 0 saturated heterocycles. The molecule has 0 bridgehead atoms. The molecule has 1 aromatic rings. The van der Waals surface area contributed by atoms with Crippen molar-refractivity contribution in [3.63, 3.8) is 0 Å². The highest BCUT2D eigenvalue weighted by Crippen LogP contribution is 2.25. The first-order valence-electron chi connectivity index (χ1n) is 6.06. The van der Waals surface area contributed by atoms with Crippen LogP contribution < -0.4 is 0 Å². The van der Waals surface area contributed by atoms with Crippen molar-refractivity contribution in [3.05, 3.63) is 41.0 Å². The van der Waals surface area contributed by atoms with Gasteiger partial charge in [-0.15, -0.1) is 0 Å². The lowest BCUT2D eigenvalue weighted by Crippen LogP contribution is -2.13. The van der Waals surface area contributed by atoms with Gasteiger partial charge in [-0.25, -0.2) is 0 Å². The summed E-state index contributed by atoms with van der Waals surface area (Å²) >= 11 is 0. The number of hydrogen-bond donors (Lipinski definition) is 0. The number of carbonyl (C=O) groups excluding carboxylic acids is 1. The first kappa shape index (κ1) is 11.1. The van der Waals surface area contributed by atoms with Gasteiger partial charge in [0.25, 0.3) is 0 Å². The maximum Gasteiger partial charge on any atom is 0.166 e. The van der Waals surface area contributed by atoms with E-state index in [0.717, 1.165) is 30.4 Å². The van der Waals surface area contributed by atoms with Crippen LogP contribution in [0.2, 0.25) is 0 Å². The molecule has 0 saturated carbocycles. The molecule has 84 valence electrons. The summed E-state index contributed by atoms with van der Waals surface area (Å²) in [5.41, 5.74) is 3.37. The number of fused-ring (bicyclic) bond motifs is 1. The van der Waals surface area contributed by atoms with Crippen molar-refractivity contribution in [1.82, 2.24) is 0 Å². The Morgan fingerprint density at radius 2 is 2.25 bits per heavy atom. The molecular weight excluding hydrogens is 196 g/mol. The Balaban J connectivity index is 2.43. The highest BCUT2D eigenvalue weighted by atomic mass is 16.1. The molecule has 1 aromatic carbocycles. The summed E-state index contributed by atoms with van der Waals surface area (Å²) in [6, 6.07) is 6.10. The van der Waals surface area contributed by atoms with Crippen molar-refractivity contribution in [1.29, 1.82) is 0 Å². The maximum atomic E-state index is 12.2. The third kappa shape index (κ3) is 1.95. The first-order valence-corrected chi connectivity index (χ1v) is 6.06. The predicted molar refractivity (Wildman–Crippen MR) is 67.6 cm³/mol. The number of aryl methyl sites for hydroxylation is 1. The van der Waals surface area contributed by atoms with E-state index in [1.807, 2.05) is 19.1 Å². The van der Waals surface area contributed by atoms with E-state index in [0.29, 0.717) is 0 Å². The topological polar surface area (TPSA) is 17.1 Å². The fourth-order valence-corrected chi connectivity index (χ4v) is 2.13. The maximum absolute atomic E-state index is 12.2. The lowest BCUT2D eigenvalue weighted by molar-refractivity contribution is 0.0927. The van der Waals surface area contributed by atoms with Gasteiger partial charge in [0.2, 0.25) is 0 Å². The summed E-state index contributed by atoms with van der Waals surface area (Å²) in [6.07, 6.45) is 7.33. The van der Waals surface area contributed by atoms with Gasteiger partial charge in [-0.1, -0.05) is 44.2 Å². The highest BCUT2D eigenvalue weighted by Gasteiger charge is 2.18. The van der Waals surface area contributed by atoms with Crippen LogP contribution >= 0.6 is 0 Å². The van der Waals surface area contributed by atoms with Gasteiger partial charge in [-0.2, -0.15) is 0 Å². The van der Waals surface area contributed by atoms with Crippen LogP contribution in [0.4, 0.5) is 0 Å². The summed E-state index contributed by atoms with van der Waals surface area (Å²) in [5.74, 6) is 0.410. The van der Waals surface area contributed by atoms with Gasteiger partial charge in [0.05, 0.1) is 0 Å². The molecule has 16 heavy (non-hydrogen) atoms. The summed E-state index contributed by atoms with van der Waals surface area (Å²) < 4.78 is 0. The molecule has 1 heteroatoms. The van der Waals surface area contributed by atoms with Gasteiger partial charge in [-0.3, -0.25) is 4.79 Å². The van der Waals surface area contributed by atoms with Gasteiger partial charge in [0.1, 0.15) is 0 Å². The van der Waals surface area contributed by atoms with Crippen LogP contribution in [0, 0.1) is 5.92 Å². The zero-order chi connectivity index (χ0) is 11.5. The van der Waals surface area contributed by atoms with Crippen molar-refractivity contribution in [2.45, 2.75) is 33.1 Å². The average molecular weight is 214 g/mol. The van der Waals surface area contributed by atoms with Crippen LogP contribution in [0.5, 0.6) is 0 Å². The second-order valence-electron chi connectivity index (χ2n) is 4.49. The Bertz CT molecular complexity index is 429. The fraction of sp³-hybridized carbons (Fsp3) is 0.400. The normalized spacial score (nSPS) is 15.6. The number of rotatable bonds is 3. The minimum absolute atomic E-state index is 0.127. The molecule has 0 aromatic heterocycles. The van der Waals surface area contributed by atoms with Crippen LogP contribution in [-0.4, -0.2) is 5.78 Å². The van der Waals surface area contributed by atoms with E-state index in [1.165, 1.54) is 5.56 Å². The molecule has 1 atom stereocenters. The largest absolute Gasteiger partial charge is 0.294 e. The van der Waals surface area contributed by atoms with E-state index in [-0.39, 0.29) is 11.7 Å². The minimum atomic E-state index is 0.127. The standard InChI is InChI=1S/C15H18O/c1-3-11(2)15(16)14-10-6-8-12-7-4-5-9-13(12)14/h5-6,8-11H,3-4,7H2,1-2H3. The Kier molecular flexibility index (Phi) is 3.23. The van der Waals surface area contributed by atoms with E-state index < -0.39 is 0 Å². The lowest BCUT2D eigenvalue weighted by Gasteiger charge is -2.16. The number of allylic oxidation sites excluding steroid dienone is 1. The molecule has 0 spiro atoms. The SMILES string of the molecule is CCC(C)C(=O)c1cccc2c1C=CCC2. The van der Waals surface area contributed by atoms with E-state index >= 15 is 0 Å². The first-order chi connectivity index (χ1) is 7.74. The van der Waals surface area contributed by atoms with Gasteiger partial charge in [-0.05, 0) is 30.4 Å². The third-order valence-electron chi connectivity index (χ3n) is 3.39. The molecule has 0 radical (unpaired) electrons. The highest BCUT2D eigenvalue weighted by molar-refractivity contribution is 6.01. The quantitative estimate of drug-likeness (QED) is 0.698. The van der Waals surface area contributed by atoms with E-state index in [1.54, 1.807) is 0 Å². The molecule has 1 aliphatic carbocycles. The van der Waals surface area contributed by atoms with Crippen molar-refractivity contribution >= 4 is 11.9 Å². The molecule has 0 amide bonds. The minimum Gasteiger partial charge on any atom is -0.294 e. The summed E-state index contributed by atoms with van der Waals surface area (Å²) in [7, 11) is 0. The number of benzene rings is 1. The molecule has 1 nitrogen and oxygen atoms in total. The second kappa shape index (κ2) is 4.65. The third-order valence-corrected chi connectivity index (χ3v) is 3.39. The van der Waals surface area contributed by atoms with Crippen molar-refractivity contribution in [2.75, 3.05) is 0 Å². The van der Waals surface area contributed by atoms with Crippen LogP contribution in [0.3, 0.4) is 0 Å². The summed E-state index contributed by atoms with van der Waals surface area (Å²) in [4.78, 5) is 12.2. The van der Waals surface area contributed by atoms with Gasteiger partial charge >= 0.3 is 0 Å². The molecule has 1 unspecified atom stereocenters. The van der Waals surface area contributed by atoms with E-state index in [2.05, 4.69) is 25.1 Å². The van der Waals surface area contributed by atoms with E-state index in [4.69, 9.17) is 0 Å². The fourth-order valence-electron chi connectivity index (χ4n) is 2.13. The molecule has 0 fully saturated rings. The van der Waals surface area contributed by atoms with Gasteiger partial charge < -0.3 is 0 Å². The lowest BCUT2D eigenvalue weighted by atomic mass is 9.88. The molecule has 0 heterocycles. The zero-order valence-electron chi connectivity index (χ0n) is 9.99. The Labute approximate surface area is 97.2 Å². The molecular formula is C15H18O. The van der Waals surface area contributed by atoms with Crippen molar-refractivity contribution in [2.24, 2.45) is 5.92 Å².